The van der Waals surface area contributed by atoms with Crippen LogP contribution in [-0.4, -0.2) is 31.7 Å². The van der Waals surface area contributed by atoms with Crippen LogP contribution >= 0.6 is 11.6 Å². The molecule has 0 heterocycles. The number of rotatable bonds is 7. The molecular weight excluding hydrogens is 360 g/mol. The van der Waals surface area contributed by atoms with Crippen LogP contribution in [-0.2, 0) is 16.6 Å². The van der Waals surface area contributed by atoms with E-state index in [9.17, 15) is 13.2 Å². The van der Waals surface area contributed by atoms with Gasteiger partial charge in [-0.3, -0.25) is 4.79 Å². The van der Waals surface area contributed by atoms with Crippen molar-refractivity contribution in [1.82, 2.24) is 9.62 Å². The van der Waals surface area contributed by atoms with Gasteiger partial charge >= 0.3 is 0 Å². The average molecular weight is 381 g/mol. The van der Waals surface area contributed by atoms with E-state index in [4.69, 9.17) is 11.6 Å². The highest BCUT2D eigenvalue weighted by molar-refractivity contribution is 7.89. The maximum Gasteiger partial charge on any atom is 0.251 e. The summed E-state index contributed by atoms with van der Waals surface area (Å²) in [6.07, 6.45) is 0. The minimum atomic E-state index is -3.60. The minimum Gasteiger partial charge on any atom is -0.348 e. The zero-order chi connectivity index (χ0) is 18.4. The van der Waals surface area contributed by atoms with Crippen molar-refractivity contribution in [2.75, 3.05) is 13.1 Å². The van der Waals surface area contributed by atoms with Gasteiger partial charge in [-0.1, -0.05) is 49.7 Å². The molecule has 2 aromatic rings. The van der Waals surface area contributed by atoms with Crippen molar-refractivity contribution in [2.45, 2.75) is 25.3 Å². The van der Waals surface area contributed by atoms with Crippen LogP contribution in [0.1, 0.15) is 29.8 Å². The van der Waals surface area contributed by atoms with Crippen molar-refractivity contribution < 1.29 is 13.2 Å². The van der Waals surface area contributed by atoms with Crippen LogP contribution in [0.2, 0.25) is 5.02 Å². The Morgan fingerprint density at radius 1 is 1.08 bits per heavy atom. The Morgan fingerprint density at radius 2 is 1.76 bits per heavy atom. The number of hydrogen-bond acceptors (Lipinski definition) is 3. The maximum absolute atomic E-state index is 12.6. The molecule has 0 aromatic heterocycles. The number of sulfonamides is 1. The molecule has 0 aliphatic carbocycles. The molecule has 0 saturated carbocycles. The van der Waals surface area contributed by atoms with E-state index < -0.39 is 10.0 Å². The Balaban J connectivity index is 2.18. The number of carbonyl (C=O) groups excluding carboxylic acids is 1. The van der Waals surface area contributed by atoms with Gasteiger partial charge in [0.25, 0.3) is 5.91 Å². The SMILES string of the molecule is CCN(CC)S(=O)(=O)c1cccc(C(=O)NCc2ccccc2Cl)c1. The second-order valence-corrected chi connectivity index (χ2v) is 7.74. The van der Waals surface area contributed by atoms with Crippen molar-refractivity contribution in [3.05, 3.63) is 64.7 Å². The van der Waals surface area contributed by atoms with Crippen LogP contribution in [0.5, 0.6) is 0 Å². The third-order valence-corrected chi connectivity index (χ3v) is 6.25. The van der Waals surface area contributed by atoms with Gasteiger partial charge in [0.05, 0.1) is 4.90 Å². The lowest BCUT2D eigenvalue weighted by Crippen LogP contribution is -2.31. The maximum atomic E-state index is 12.6. The lowest BCUT2D eigenvalue weighted by molar-refractivity contribution is 0.0950. The fourth-order valence-corrected chi connectivity index (χ4v) is 4.14. The second-order valence-electron chi connectivity index (χ2n) is 5.39. The predicted molar refractivity (Wildman–Crippen MR) is 99.2 cm³/mol. The third kappa shape index (κ3) is 4.60. The quantitative estimate of drug-likeness (QED) is 0.801. The molecule has 25 heavy (non-hydrogen) atoms. The van der Waals surface area contributed by atoms with Crippen molar-refractivity contribution in [1.29, 1.82) is 0 Å². The number of carbonyl (C=O) groups is 1. The molecule has 0 unspecified atom stereocenters. The summed E-state index contributed by atoms with van der Waals surface area (Å²) in [5.41, 5.74) is 1.09. The van der Waals surface area contributed by atoms with Gasteiger partial charge in [-0.25, -0.2) is 8.42 Å². The van der Waals surface area contributed by atoms with Crippen molar-refractivity contribution >= 4 is 27.5 Å². The number of nitrogens with zero attached hydrogens (tertiary/aromatic N) is 1. The molecule has 2 rings (SSSR count). The number of nitrogens with one attached hydrogen (secondary N) is 1. The molecule has 7 heteroatoms. The van der Waals surface area contributed by atoms with Crippen LogP contribution in [0.15, 0.2) is 53.4 Å². The monoisotopic (exact) mass is 380 g/mol. The second kappa shape index (κ2) is 8.47. The smallest absolute Gasteiger partial charge is 0.251 e. The standard InChI is InChI=1S/C18H21ClN2O3S/c1-3-21(4-2)25(23,24)16-10-7-9-14(12-16)18(22)20-13-15-8-5-6-11-17(15)19/h5-12H,3-4,13H2,1-2H3,(H,20,22). The summed E-state index contributed by atoms with van der Waals surface area (Å²) in [5.74, 6) is -0.350. The summed E-state index contributed by atoms with van der Waals surface area (Å²) in [5, 5.41) is 3.33. The Hall–Kier alpha value is -1.89. The topological polar surface area (TPSA) is 66.5 Å². The molecule has 1 amide bonds. The van der Waals surface area contributed by atoms with Gasteiger partial charge in [-0.2, -0.15) is 4.31 Å². The summed E-state index contributed by atoms with van der Waals surface area (Å²) >= 11 is 6.07. The molecule has 2 aromatic carbocycles. The molecular formula is C18H21ClN2O3S. The van der Waals surface area contributed by atoms with Crippen LogP contribution < -0.4 is 5.32 Å². The largest absolute Gasteiger partial charge is 0.348 e. The molecule has 0 radical (unpaired) electrons. The van der Waals surface area contributed by atoms with Crippen LogP contribution in [0.4, 0.5) is 0 Å². The number of hydrogen-bond donors (Lipinski definition) is 1. The van der Waals surface area contributed by atoms with Crippen LogP contribution in [0.3, 0.4) is 0 Å². The lowest BCUT2D eigenvalue weighted by Gasteiger charge is -2.18. The van der Waals surface area contributed by atoms with E-state index in [2.05, 4.69) is 5.32 Å². The molecule has 5 nitrogen and oxygen atoms in total. The first-order chi connectivity index (χ1) is 11.9. The van der Waals surface area contributed by atoms with E-state index in [0.717, 1.165) is 5.56 Å². The Bertz CT molecular complexity index is 849. The van der Waals surface area contributed by atoms with E-state index in [1.54, 1.807) is 32.0 Å². The van der Waals surface area contributed by atoms with Crippen LogP contribution in [0, 0.1) is 0 Å². The van der Waals surface area contributed by atoms with Gasteiger partial charge in [0.15, 0.2) is 0 Å². The van der Waals surface area contributed by atoms with Gasteiger partial charge in [0.2, 0.25) is 10.0 Å². The summed E-state index contributed by atoms with van der Waals surface area (Å²) in [6, 6.07) is 13.3. The van der Waals surface area contributed by atoms with Gasteiger partial charge in [-0.05, 0) is 29.8 Å². The molecule has 134 valence electrons. The molecule has 0 saturated heterocycles. The van der Waals surface area contributed by atoms with Crippen molar-refractivity contribution in [3.8, 4) is 0 Å². The molecule has 0 spiro atoms. The van der Waals surface area contributed by atoms with Gasteiger partial charge < -0.3 is 5.32 Å². The van der Waals surface area contributed by atoms with Gasteiger partial charge in [-0.15, -0.1) is 0 Å². The predicted octanol–water partition coefficient (Wildman–Crippen LogP) is 3.30. The molecule has 0 atom stereocenters. The zero-order valence-corrected chi connectivity index (χ0v) is 15.8. The number of amides is 1. The summed E-state index contributed by atoms with van der Waals surface area (Å²) in [4.78, 5) is 12.5. The first-order valence-corrected chi connectivity index (χ1v) is 9.83. The molecule has 0 aliphatic heterocycles. The molecule has 0 fully saturated rings. The lowest BCUT2D eigenvalue weighted by atomic mass is 10.2. The molecule has 0 aliphatic rings. The first kappa shape index (κ1) is 19.4. The van der Waals surface area contributed by atoms with E-state index in [0.29, 0.717) is 23.7 Å². The fraction of sp³-hybridized carbons (Fsp3) is 0.278. The summed E-state index contributed by atoms with van der Waals surface area (Å²) in [7, 11) is -3.60. The van der Waals surface area contributed by atoms with E-state index in [1.165, 1.54) is 16.4 Å². The zero-order valence-electron chi connectivity index (χ0n) is 14.2. The third-order valence-electron chi connectivity index (χ3n) is 3.84. The first-order valence-electron chi connectivity index (χ1n) is 8.02. The van der Waals surface area contributed by atoms with Crippen LogP contribution in [0.25, 0.3) is 0 Å². The Labute approximate surface area is 153 Å². The average Bonchev–Trinajstić information content (AvgIpc) is 2.61. The van der Waals surface area contributed by atoms with Crippen molar-refractivity contribution in [3.63, 3.8) is 0 Å². The Morgan fingerprint density at radius 3 is 2.40 bits per heavy atom. The van der Waals surface area contributed by atoms with Gasteiger partial charge in [0, 0.05) is 30.2 Å². The molecule has 1 N–H and O–H groups in total. The highest BCUT2D eigenvalue weighted by Gasteiger charge is 2.22. The fourth-order valence-electron chi connectivity index (χ4n) is 2.43. The normalized spacial score (nSPS) is 11.5. The van der Waals surface area contributed by atoms with E-state index in [-0.39, 0.29) is 17.3 Å². The summed E-state index contributed by atoms with van der Waals surface area (Å²) < 4.78 is 26.5. The van der Waals surface area contributed by atoms with Crippen molar-refractivity contribution in [2.24, 2.45) is 0 Å². The summed E-state index contributed by atoms with van der Waals surface area (Å²) in [6.45, 7) is 4.58. The minimum absolute atomic E-state index is 0.113. The number of benzene rings is 2. The molecule has 0 bridgehead atoms. The highest BCUT2D eigenvalue weighted by Crippen LogP contribution is 2.18. The van der Waals surface area contributed by atoms with E-state index in [1.807, 2.05) is 18.2 Å². The van der Waals surface area contributed by atoms with E-state index >= 15 is 0 Å². The highest BCUT2D eigenvalue weighted by atomic mass is 35.5. The Kier molecular flexibility index (Phi) is 6.58. The van der Waals surface area contributed by atoms with Gasteiger partial charge in [0.1, 0.15) is 0 Å². The number of halogens is 1.